The first kappa shape index (κ1) is 21.3. The highest BCUT2D eigenvalue weighted by Gasteiger charge is 2.39. The Bertz CT molecular complexity index is 980. The van der Waals surface area contributed by atoms with Crippen molar-refractivity contribution in [3.63, 3.8) is 0 Å². The molecule has 1 aromatic carbocycles. The summed E-state index contributed by atoms with van der Waals surface area (Å²) in [6.07, 6.45) is 1.16. The average molecular weight is 445 g/mol. The summed E-state index contributed by atoms with van der Waals surface area (Å²) in [6, 6.07) is 4.82. The lowest BCUT2D eigenvalue weighted by atomic mass is 9.94. The van der Waals surface area contributed by atoms with E-state index in [0.717, 1.165) is 0 Å². The molecule has 31 heavy (non-hydrogen) atoms. The van der Waals surface area contributed by atoms with Gasteiger partial charge in [-0.3, -0.25) is 14.4 Å². The van der Waals surface area contributed by atoms with E-state index in [1.807, 2.05) is 0 Å². The SMILES string of the molecule is CNC(=O)C[C@@H]1CC[C@H]2[C@H](COc3ccc(NC(=O)c4cscn4)cc3C(=O)N2C)O1. The Kier molecular flexibility index (Phi) is 6.19. The van der Waals surface area contributed by atoms with Crippen molar-refractivity contribution in [3.8, 4) is 5.75 Å². The maximum atomic E-state index is 13.2. The fraction of sp³-hybridized carbons (Fsp3) is 0.429. The standard InChI is InChI=1S/C21H24N4O5S/c1-22-19(26)8-13-4-5-16-18(30-13)9-29-17-6-3-12(7-14(17)21(28)25(16)2)24-20(27)15-10-31-11-23-15/h3,6-7,10-11,13,16,18H,4-5,8-9H2,1-2H3,(H,22,26)(H,24,27)/t13-,16-,18-/m0/s1. The highest BCUT2D eigenvalue weighted by Crippen LogP contribution is 2.32. The zero-order valence-electron chi connectivity index (χ0n) is 17.3. The van der Waals surface area contributed by atoms with Crippen LogP contribution in [-0.4, -0.2) is 66.6 Å². The number of amides is 3. The highest BCUT2D eigenvalue weighted by atomic mass is 32.1. The third-order valence-corrected chi connectivity index (χ3v) is 6.21. The van der Waals surface area contributed by atoms with E-state index < -0.39 is 0 Å². The summed E-state index contributed by atoms with van der Waals surface area (Å²) in [5.74, 6) is -0.185. The van der Waals surface area contributed by atoms with Gasteiger partial charge in [0.2, 0.25) is 5.91 Å². The first-order valence-electron chi connectivity index (χ1n) is 10.1. The van der Waals surface area contributed by atoms with Crippen molar-refractivity contribution < 1.29 is 23.9 Å². The molecule has 1 fully saturated rings. The molecule has 0 spiro atoms. The molecule has 2 aliphatic heterocycles. The number of carbonyl (C=O) groups excluding carboxylic acids is 3. The van der Waals surface area contributed by atoms with E-state index in [0.29, 0.717) is 35.5 Å². The van der Waals surface area contributed by atoms with Crippen molar-refractivity contribution in [2.45, 2.75) is 37.5 Å². The number of ether oxygens (including phenoxy) is 2. The molecule has 2 N–H and O–H groups in total. The molecule has 1 saturated heterocycles. The second-order valence-corrected chi connectivity index (χ2v) is 8.30. The van der Waals surface area contributed by atoms with E-state index in [1.165, 1.54) is 11.3 Å². The Morgan fingerprint density at radius 2 is 2.16 bits per heavy atom. The lowest BCUT2D eigenvalue weighted by Crippen LogP contribution is -2.53. The van der Waals surface area contributed by atoms with Crippen LogP contribution in [0.25, 0.3) is 0 Å². The first-order chi connectivity index (χ1) is 15.0. The van der Waals surface area contributed by atoms with Crippen LogP contribution in [0, 0.1) is 0 Å². The number of aromatic nitrogens is 1. The molecule has 0 saturated carbocycles. The van der Waals surface area contributed by atoms with E-state index in [4.69, 9.17) is 9.47 Å². The van der Waals surface area contributed by atoms with Crippen LogP contribution >= 0.6 is 11.3 Å². The monoisotopic (exact) mass is 444 g/mol. The summed E-state index contributed by atoms with van der Waals surface area (Å²) in [5, 5.41) is 7.04. The number of thiazole rings is 1. The molecule has 2 aromatic rings. The zero-order chi connectivity index (χ0) is 22.0. The Morgan fingerprint density at radius 3 is 2.90 bits per heavy atom. The number of nitrogens with one attached hydrogen (secondary N) is 2. The molecular weight excluding hydrogens is 420 g/mol. The van der Waals surface area contributed by atoms with Crippen LogP contribution in [0.1, 0.15) is 40.1 Å². The Balaban J connectivity index is 1.52. The molecule has 0 bridgehead atoms. The summed E-state index contributed by atoms with van der Waals surface area (Å²) in [5.41, 5.74) is 2.78. The largest absolute Gasteiger partial charge is 0.490 e. The van der Waals surface area contributed by atoms with Gasteiger partial charge in [-0.25, -0.2) is 4.98 Å². The van der Waals surface area contributed by atoms with E-state index in [1.54, 1.807) is 48.1 Å². The molecule has 3 heterocycles. The van der Waals surface area contributed by atoms with Crippen molar-refractivity contribution in [2.75, 3.05) is 26.0 Å². The van der Waals surface area contributed by atoms with Gasteiger partial charge in [-0.2, -0.15) is 0 Å². The van der Waals surface area contributed by atoms with Crippen LogP contribution in [0.15, 0.2) is 29.1 Å². The molecule has 4 rings (SSSR count). The average Bonchev–Trinajstić information content (AvgIpc) is 3.32. The van der Waals surface area contributed by atoms with Crippen LogP contribution in [0.2, 0.25) is 0 Å². The molecule has 3 amide bonds. The number of anilines is 1. The molecule has 10 heteroatoms. The van der Waals surface area contributed by atoms with Gasteiger partial charge in [0.15, 0.2) is 0 Å². The Hall–Kier alpha value is -2.98. The zero-order valence-corrected chi connectivity index (χ0v) is 18.1. The van der Waals surface area contributed by atoms with Gasteiger partial charge in [0.1, 0.15) is 24.2 Å². The van der Waals surface area contributed by atoms with E-state index >= 15 is 0 Å². The van der Waals surface area contributed by atoms with Crippen LogP contribution < -0.4 is 15.4 Å². The normalized spacial score (nSPS) is 23.0. The molecule has 0 unspecified atom stereocenters. The predicted molar refractivity (Wildman–Crippen MR) is 114 cm³/mol. The van der Waals surface area contributed by atoms with Crippen molar-refractivity contribution >= 4 is 34.7 Å². The fourth-order valence-corrected chi connectivity index (χ4v) is 4.47. The van der Waals surface area contributed by atoms with Gasteiger partial charge in [-0.1, -0.05) is 0 Å². The second kappa shape index (κ2) is 9.03. The van der Waals surface area contributed by atoms with Gasteiger partial charge < -0.3 is 25.0 Å². The van der Waals surface area contributed by atoms with Gasteiger partial charge in [0.25, 0.3) is 11.8 Å². The van der Waals surface area contributed by atoms with Crippen LogP contribution in [0.4, 0.5) is 5.69 Å². The third-order valence-electron chi connectivity index (χ3n) is 5.63. The van der Waals surface area contributed by atoms with Gasteiger partial charge in [-0.05, 0) is 31.0 Å². The summed E-state index contributed by atoms with van der Waals surface area (Å²) in [6.45, 7) is 0.268. The number of hydrogen-bond donors (Lipinski definition) is 2. The summed E-state index contributed by atoms with van der Waals surface area (Å²) in [4.78, 5) is 42.9. The number of fused-ring (bicyclic) bond motifs is 2. The minimum Gasteiger partial charge on any atom is -0.490 e. The molecule has 0 aliphatic carbocycles. The van der Waals surface area contributed by atoms with Crippen LogP contribution in [0.5, 0.6) is 5.75 Å². The van der Waals surface area contributed by atoms with Crippen LogP contribution in [0.3, 0.4) is 0 Å². The lowest BCUT2D eigenvalue weighted by Gasteiger charge is -2.42. The predicted octanol–water partition coefficient (Wildman–Crippen LogP) is 1.91. The van der Waals surface area contributed by atoms with Crippen molar-refractivity contribution in [1.29, 1.82) is 0 Å². The fourth-order valence-electron chi connectivity index (χ4n) is 3.93. The number of rotatable bonds is 4. The van der Waals surface area contributed by atoms with Gasteiger partial charge >= 0.3 is 0 Å². The Labute approximate surface area is 183 Å². The minimum atomic E-state index is -0.336. The maximum Gasteiger partial charge on any atom is 0.275 e. The number of carbonyl (C=O) groups is 3. The molecule has 164 valence electrons. The Morgan fingerprint density at radius 1 is 1.32 bits per heavy atom. The van der Waals surface area contributed by atoms with Gasteiger partial charge in [0, 0.05) is 25.2 Å². The molecule has 2 aliphatic rings. The lowest BCUT2D eigenvalue weighted by molar-refractivity contribution is -0.133. The summed E-state index contributed by atoms with van der Waals surface area (Å²) in [7, 11) is 3.35. The number of benzene rings is 1. The van der Waals surface area contributed by atoms with Crippen LogP contribution in [-0.2, 0) is 9.53 Å². The topological polar surface area (TPSA) is 110 Å². The van der Waals surface area contributed by atoms with Crippen molar-refractivity contribution in [1.82, 2.24) is 15.2 Å². The maximum absolute atomic E-state index is 13.2. The number of nitrogens with zero attached hydrogens (tertiary/aromatic N) is 2. The highest BCUT2D eigenvalue weighted by molar-refractivity contribution is 7.07. The second-order valence-electron chi connectivity index (χ2n) is 7.58. The quantitative estimate of drug-likeness (QED) is 0.746. The molecule has 1 aromatic heterocycles. The first-order valence-corrected chi connectivity index (χ1v) is 11.0. The number of hydrogen-bond acceptors (Lipinski definition) is 7. The molecule has 0 radical (unpaired) electrons. The van der Waals surface area contributed by atoms with Crippen molar-refractivity contribution in [2.24, 2.45) is 0 Å². The third kappa shape index (κ3) is 4.54. The molecule has 3 atom stereocenters. The minimum absolute atomic E-state index is 0.0720. The molecule has 9 nitrogen and oxygen atoms in total. The van der Waals surface area contributed by atoms with E-state index in [-0.39, 0.29) is 49.0 Å². The van der Waals surface area contributed by atoms with Gasteiger partial charge in [0.05, 0.1) is 29.6 Å². The van der Waals surface area contributed by atoms with E-state index in [2.05, 4.69) is 15.6 Å². The van der Waals surface area contributed by atoms with E-state index in [9.17, 15) is 14.4 Å². The number of likely N-dealkylation sites (N-methyl/N-ethyl adjacent to an activating group) is 1. The summed E-state index contributed by atoms with van der Waals surface area (Å²) >= 11 is 1.34. The van der Waals surface area contributed by atoms with Gasteiger partial charge in [-0.15, -0.1) is 11.3 Å². The molecular formula is C21H24N4O5S. The smallest absolute Gasteiger partial charge is 0.275 e. The van der Waals surface area contributed by atoms with Crippen molar-refractivity contribution in [3.05, 3.63) is 40.3 Å². The summed E-state index contributed by atoms with van der Waals surface area (Å²) < 4.78 is 12.0.